The highest BCUT2D eigenvalue weighted by atomic mass is 16.6. The third kappa shape index (κ3) is 2.86. The summed E-state index contributed by atoms with van der Waals surface area (Å²) in [7, 11) is 1.34. The van der Waals surface area contributed by atoms with E-state index in [1.165, 1.54) is 12.0 Å². The molecule has 6 heteroatoms. The molecule has 2 aliphatic rings. The molecule has 2 saturated heterocycles. The Morgan fingerprint density at radius 2 is 1.67 bits per heavy atom. The van der Waals surface area contributed by atoms with Crippen molar-refractivity contribution in [2.75, 3.05) is 26.7 Å². The zero-order chi connectivity index (χ0) is 13.0. The Kier molecular flexibility index (Phi) is 4.28. The second kappa shape index (κ2) is 5.93. The van der Waals surface area contributed by atoms with Gasteiger partial charge in [0.1, 0.15) is 0 Å². The van der Waals surface area contributed by atoms with E-state index in [9.17, 15) is 9.59 Å². The predicted octanol–water partition coefficient (Wildman–Crippen LogP) is 1.80. The van der Waals surface area contributed by atoms with E-state index in [1.807, 2.05) is 0 Å². The Balaban J connectivity index is 1.92. The molecule has 2 fully saturated rings. The van der Waals surface area contributed by atoms with Crippen LogP contribution in [0.1, 0.15) is 32.1 Å². The number of hydrogen-bond donors (Lipinski definition) is 0. The molecule has 0 saturated carbocycles. The fourth-order valence-corrected chi connectivity index (χ4v) is 2.44. The van der Waals surface area contributed by atoms with Crippen LogP contribution >= 0.6 is 0 Å². The van der Waals surface area contributed by atoms with Gasteiger partial charge >= 0.3 is 12.2 Å². The highest BCUT2D eigenvalue weighted by Crippen LogP contribution is 2.20. The second-order valence-corrected chi connectivity index (χ2v) is 4.69. The highest BCUT2D eigenvalue weighted by Gasteiger charge is 2.32. The van der Waals surface area contributed by atoms with Crippen molar-refractivity contribution in [2.45, 2.75) is 38.3 Å². The molecule has 1 atom stereocenters. The number of nitrogens with zero attached hydrogens (tertiary/aromatic N) is 2. The molecule has 0 aromatic carbocycles. The summed E-state index contributed by atoms with van der Waals surface area (Å²) in [5.41, 5.74) is 0. The van der Waals surface area contributed by atoms with Crippen molar-refractivity contribution in [1.82, 2.24) is 9.80 Å². The van der Waals surface area contributed by atoms with Crippen molar-refractivity contribution in [3.05, 3.63) is 0 Å². The topological polar surface area (TPSA) is 59.1 Å². The van der Waals surface area contributed by atoms with E-state index in [0.29, 0.717) is 13.0 Å². The quantitative estimate of drug-likeness (QED) is 0.717. The number of amides is 2. The Morgan fingerprint density at radius 1 is 1.00 bits per heavy atom. The maximum Gasteiger partial charge on any atom is 0.412 e. The molecule has 0 spiro atoms. The number of carbonyl (C=O) groups is 2. The molecule has 2 aliphatic heterocycles. The lowest BCUT2D eigenvalue weighted by Crippen LogP contribution is -2.47. The summed E-state index contributed by atoms with van der Waals surface area (Å²) in [5.74, 6) is 0. The van der Waals surface area contributed by atoms with Gasteiger partial charge < -0.3 is 14.4 Å². The van der Waals surface area contributed by atoms with Crippen molar-refractivity contribution in [1.29, 1.82) is 0 Å². The van der Waals surface area contributed by atoms with Crippen LogP contribution in [0, 0.1) is 0 Å². The van der Waals surface area contributed by atoms with Crippen LogP contribution in [0.2, 0.25) is 0 Å². The SMILES string of the molecule is COC(=O)N1CCCCC1OC(=O)N1CCCC1. The average Bonchev–Trinajstić information content (AvgIpc) is 2.92. The van der Waals surface area contributed by atoms with Gasteiger partial charge in [0.05, 0.1) is 7.11 Å². The van der Waals surface area contributed by atoms with Crippen LogP contribution in [-0.2, 0) is 9.47 Å². The lowest BCUT2D eigenvalue weighted by atomic mass is 10.1. The first-order valence-electron chi connectivity index (χ1n) is 6.52. The van der Waals surface area contributed by atoms with Gasteiger partial charge in [-0.25, -0.2) is 9.59 Å². The fraction of sp³-hybridized carbons (Fsp3) is 0.833. The maximum atomic E-state index is 11.9. The Morgan fingerprint density at radius 3 is 2.33 bits per heavy atom. The second-order valence-electron chi connectivity index (χ2n) is 4.69. The van der Waals surface area contributed by atoms with Crippen LogP contribution in [0.5, 0.6) is 0 Å². The molecule has 2 amide bonds. The average molecular weight is 256 g/mol. The van der Waals surface area contributed by atoms with Gasteiger partial charge in [0, 0.05) is 26.1 Å². The molecule has 102 valence electrons. The largest absolute Gasteiger partial charge is 0.453 e. The number of likely N-dealkylation sites (tertiary alicyclic amines) is 2. The first kappa shape index (κ1) is 13.0. The van der Waals surface area contributed by atoms with Crippen LogP contribution in [0.25, 0.3) is 0 Å². The Labute approximate surface area is 107 Å². The molecule has 0 aliphatic carbocycles. The predicted molar refractivity (Wildman–Crippen MR) is 64.0 cm³/mol. The van der Waals surface area contributed by atoms with Gasteiger partial charge in [0.25, 0.3) is 0 Å². The van der Waals surface area contributed by atoms with Gasteiger partial charge in [-0.05, 0) is 25.7 Å². The molecule has 0 aromatic rings. The molecule has 2 heterocycles. The molecular weight excluding hydrogens is 236 g/mol. The van der Waals surface area contributed by atoms with E-state index in [1.54, 1.807) is 4.90 Å². The summed E-state index contributed by atoms with van der Waals surface area (Å²) >= 11 is 0. The van der Waals surface area contributed by atoms with Gasteiger partial charge in [0.2, 0.25) is 0 Å². The minimum Gasteiger partial charge on any atom is -0.453 e. The molecule has 18 heavy (non-hydrogen) atoms. The van der Waals surface area contributed by atoms with Gasteiger partial charge in [-0.1, -0.05) is 0 Å². The van der Waals surface area contributed by atoms with Crippen LogP contribution in [0.15, 0.2) is 0 Å². The number of rotatable bonds is 1. The molecular formula is C12H20N2O4. The minimum absolute atomic E-state index is 0.312. The third-order valence-corrected chi connectivity index (χ3v) is 3.46. The van der Waals surface area contributed by atoms with E-state index in [2.05, 4.69) is 0 Å². The molecule has 0 bridgehead atoms. The lowest BCUT2D eigenvalue weighted by Gasteiger charge is -2.34. The monoisotopic (exact) mass is 256 g/mol. The van der Waals surface area contributed by atoms with Crippen LogP contribution in [0.3, 0.4) is 0 Å². The van der Waals surface area contributed by atoms with E-state index >= 15 is 0 Å². The molecule has 6 nitrogen and oxygen atoms in total. The summed E-state index contributed by atoms with van der Waals surface area (Å²) in [4.78, 5) is 26.7. The Bertz CT molecular complexity index is 315. The molecule has 0 radical (unpaired) electrons. The van der Waals surface area contributed by atoms with Crippen molar-refractivity contribution in [3.8, 4) is 0 Å². The number of ether oxygens (including phenoxy) is 2. The molecule has 2 rings (SSSR count). The first-order valence-corrected chi connectivity index (χ1v) is 6.52. The van der Waals surface area contributed by atoms with Crippen LogP contribution in [0.4, 0.5) is 9.59 Å². The smallest absolute Gasteiger partial charge is 0.412 e. The summed E-state index contributed by atoms with van der Waals surface area (Å²) in [6.07, 6.45) is 3.43. The van der Waals surface area contributed by atoms with Gasteiger partial charge in [-0.2, -0.15) is 0 Å². The van der Waals surface area contributed by atoms with E-state index in [0.717, 1.165) is 38.8 Å². The first-order chi connectivity index (χ1) is 8.72. The summed E-state index contributed by atoms with van der Waals surface area (Å²) in [6.45, 7) is 2.10. The number of carbonyl (C=O) groups excluding carboxylic acids is 2. The maximum absolute atomic E-state index is 11.9. The summed E-state index contributed by atoms with van der Waals surface area (Å²) in [5, 5.41) is 0. The summed E-state index contributed by atoms with van der Waals surface area (Å²) < 4.78 is 10.1. The van der Waals surface area contributed by atoms with Crippen molar-refractivity contribution >= 4 is 12.2 Å². The Hall–Kier alpha value is -1.46. The van der Waals surface area contributed by atoms with E-state index < -0.39 is 12.3 Å². The highest BCUT2D eigenvalue weighted by molar-refractivity contribution is 5.70. The summed E-state index contributed by atoms with van der Waals surface area (Å²) in [6, 6.07) is 0. The molecule has 0 N–H and O–H groups in total. The molecule has 0 aromatic heterocycles. The van der Waals surface area contributed by atoms with Crippen LogP contribution in [-0.4, -0.2) is 55.0 Å². The number of methoxy groups -OCH3 is 1. The van der Waals surface area contributed by atoms with Gasteiger partial charge in [-0.15, -0.1) is 0 Å². The zero-order valence-electron chi connectivity index (χ0n) is 10.8. The van der Waals surface area contributed by atoms with Crippen molar-refractivity contribution in [3.63, 3.8) is 0 Å². The normalized spacial score (nSPS) is 23.9. The number of piperidine rings is 1. The molecule has 1 unspecified atom stereocenters. The number of hydrogen-bond acceptors (Lipinski definition) is 4. The third-order valence-electron chi connectivity index (χ3n) is 3.46. The van der Waals surface area contributed by atoms with Crippen molar-refractivity contribution in [2.24, 2.45) is 0 Å². The zero-order valence-corrected chi connectivity index (χ0v) is 10.8. The van der Waals surface area contributed by atoms with E-state index in [4.69, 9.17) is 9.47 Å². The van der Waals surface area contributed by atoms with Gasteiger partial charge in [0.15, 0.2) is 6.23 Å². The van der Waals surface area contributed by atoms with Crippen LogP contribution < -0.4 is 0 Å². The fourth-order valence-electron chi connectivity index (χ4n) is 2.44. The van der Waals surface area contributed by atoms with E-state index in [-0.39, 0.29) is 6.09 Å². The lowest BCUT2D eigenvalue weighted by molar-refractivity contribution is -0.0386. The standard InChI is InChI=1S/C12H20N2O4/c1-17-12(16)14-9-3-2-6-10(14)18-11(15)13-7-4-5-8-13/h10H,2-9H2,1H3. The minimum atomic E-state index is -0.473. The van der Waals surface area contributed by atoms with Crippen molar-refractivity contribution < 1.29 is 19.1 Å². The van der Waals surface area contributed by atoms with Gasteiger partial charge in [-0.3, -0.25) is 4.90 Å².